The van der Waals surface area contributed by atoms with E-state index in [1.165, 1.54) is 17.7 Å². The molecule has 0 N–H and O–H groups in total. The molecule has 3 heterocycles. The highest BCUT2D eigenvalue weighted by Gasteiger charge is 2.41. The van der Waals surface area contributed by atoms with E-state index < -0.39 is 0 Å². The molecule has 0 aromatic carbocycles. The third kappa shape index (κ3) is 2.92. The van der Waals surface area contributed by atoms with Gasteiger partial charge in [-0.15, -0.1) is 21.5 Å². The van der Waals surface area contributed by atoms with Crippen molar-refractivity contribution < 1.29 is 4.79 Å². The van der Waals surface area contributed by atoms with Crippen LogP contribution in [0.1, 0.15) is 24.1 Å². The van der Waals surface area contributed by atoms with E-state index in [1.807, 2.05) is 0 Å². The fraction of sp³-hybridized carbons (Fsp3) is 0.533. The molecule has 1 atom stereocenters. The highest BCUT2D eigenvalue weighted by Crippen LogP contribution is 2.36. The number of hydrogen-bond acceptors (Lipinski definition) is 5. The van der Waals surface area contributed by atoms with Crippen molar-refractivity contribution >= 4 is 29.0 Å². The average Bonchev–Trinajstić information content (AvgIpc) is 2.92. The molecule has 116 valence electrons. The van der Waals surface area contributed by atoms with Crippen LogP contribution in [0.25, 0.3) is 0 Å². The number of carbonyl (C=O) groups is 1. The number of amides is 1. The highest BCUT2D eigenvalue weighted by molar-refractivity contribution is 8.00. The van der Waals surface area contributed by atoms with Crippen molar-refractivity contribution in [2.75, 3.05) is 6.54 Å². The Morgan fingerprint density at radius 1 is 1.36 bits per heavy atom. The summed E-state index contributed by atoms with van der Waals surface area (Å²) in [5.74, 6) is 0.292. The minimum absolute atomic E-state index is 0.0188. The van der Waals surface area contributed by atoms with Crippen LogP contribution in [-0.2, 0) is 17.8 Å². The van der Waals surface area contributed by atoms with Gasteiger partial charge in [0.05, 0.1) is 5.25 Å². The van der Waals surface area contributed by atoms with Gasteiger partial charge in [0.15, 0.2) is 5.16 Å². The van der Waals surface area contributed by atoms with Crippen LogP contribution in [-0.4, -0.2) is 43.4 Å². The zero-order chi connectivity index (χ0) is 14.9. The SMILES string of the molecule is O=C1C(Sc2nncn2CCc2cccs2)CCN1C1CC1. The number of thioether (sulfide) groups is 1. The van der Waals surface area contributed by atoms with Crippen LogP contribution in [0.3, 0.4) is 0 Å². The summed E-state index contributed by atoms with van der Waals surface area (Å²) in [4.78, 5) is 15.8. The summed E-state index contributed by atoms with van der Waals surface area (Å²) in [5.41, 5.74) is 0. The van der Waals surface area contributed by atoms with Crippen molar-refractivity contribution in [1.29, 1.82) is 0 Å². The fourth-order valence-corrected chi connectivity index (χ4v) is 4.62. The molecule has 0 radical (unpaired) electrons. The smallest absolute Gasteiger partial charge is 0.236 e. The van der Waals surface area contributed by atoms with Crippen molar-refractivity contribution in [3.63, 3.8) is 0 Å². The van der Waals surface area contributed by atoms with Gasteiger partial charge in [0.2, 0.25) is 5.91 Å². The topological polar surface area (TPSA) is 51.0 Å². The normalized spacial score (nSPS) is 21.7. The van der Waals surface area contributed by atoms with Crippen molar-refractivity contribution in [2.24, 2.45) is 0 Å². The molecule has 0 spiro atoms. The largest absolute Gasteiger partial charge is 0.339 e. The number of thiophene rings is 1. The maximum absolute atomic E-state index is 12.4. The molecule has 1 amide bonds. The lowest BCUT2D eigenvalue weighted by molar-refractivity contribution is -0.127. The van der Waals surface area contributed by atoms with Crippen LogP contribution < -0.4 is 0 Å². The molecule has 0 bridgehead atoms. The summed E-state index contributed by atoms with van der Waals surface area (Å²) in [5, 5.41) is 11.2. The van der Waals surface area contributed by atoms with Crippen LogP contribution >= 0.6 is 23.1 Å². The molecule has 2 fully saturated rings. The first-order valence-corrected chi connectivity index (χ1v) is 9.44. The van der Waals surface area contributed by atoms with E-state index >= 15 is 0 Å². The first-order valence-electron chi connectivity index (χ1n) is 7.68. The molecule has 2 aromatic rings. The van der Waals surface area contributed by atoms with E-state index in [0.717, 1.165) is 31.1 Å². The van der Waals surface area contributed by atoms with Crippen LogP contribution in [0, 0.1) is 0 Å². The maximum Gasteiger partial charge on any atom is 0.236 e. The van der Waals surface area contributed by atoms with Gasteiger partial charge in [0.25, 0.3) is 0 Å². The first-order chi connectivity index (χ1) is 10.8. The number of aryl methyl sites for hydroxylation is 2. The molecule has 2 aromatic heterocycles. The molecule has 1 unspecified atom stereocenters. The van der Waals surface area contributed by atoms with Gasteiger partial charge in [-0.2, -0.15) is 0 Å². The Hall–Kier alpha value is -1.34. The number of likely N-dealkylation sites (tertiary alicyclic amines) is 1. The third-order valence-electron chi connectivity index (χ3n) is 4.19. The molecule has 4 rings (SSSR count). The van der Waals surface area contributed by atoms with Crippen molar-refractivity contribution in [2.45, 2.75) is 48.7 Å². The molecule has 2 aliphatic rings. The van der Waals surface area contributed by atoms with Gasteiger partial charge in [-0.1, -0.05) is 17.8 Å². The monoisotopic (exact) mass is 334 g/mol. The van der Waals surface area contributed by atoms with Gasteiger partial charge in [-0.3, -0.25) is 4.79 Å². The lowest BCUT2D eigenvalue weighted by Gasteiger charge is -2.15. The van der Waals surface area contributed by atoms with Gasteiger partial charge in [0, 0.05) is 24.0 Å². The predicted molar refractivity (Wildman–Crippen MR) is 87.0 cm³/mol. The molecule has 1 aliphatic carbocycles. The standard InChI is InChI=1S/C15H18N4OS2/c20-14-13(6-8-19(14)11-3-4-11)22-15-17-16-10-18(15)7-5-12-2-1-9-21-12/h1-2,9-11,13H,3-8H2. The van der Waals surface area contributed by atoms with Crippen LogP contribution in [0.15, 0.2) is 29.0 Å². The molecule has 22 heavy (non-hydrogen) atoms. The number of hydrogen-bond donors (Lipinski definition) is 0. The van der Waals surface area contributed by atoms with E-state index in [2.05, 4.69) is 37.2 Å². The second kappa shape index (κ2) is 6.04. The summed E-state index contributed by atoms with van der Waals surface area (Å²) in [6.45, 7) is 1.77. The number of aromatic nitrogens is 3. The lowest BCUT2D eigenvalue weighted by atomic mass is 10.3. The van der Waals surface area contributed by atoms with Crippen LogP contribution in [0.4, 0.5) is 0 Å². The minimum Gasteiger partial charge on any atom is -0.339 e. The van der Waals surface area contributed by atoms with E-state index in [-0.39, 0.29) is 5.25 Å². The van der Waals surface area contributed by atoms with Crippen molar-refractivity contribution in [3.05, 3.63) is 28.7 Å². The Kier molecular flexibility index (Phi) is 3.92. The van der Waals surface area contributed by atoms with Crippen LogP contribution in [0.2, 0.25) is 0 Å². The Labute approximate surface area is 137 Å². The number of carbonyl (C=O) groups excluding carboxylic acids is 1. The van der Waals surface area contributed by atoms with Crippen molar-refractivity contribution in [3.8, 4) is 0 Å². The number of nitrogens with zero attached hydrogens (tertiary/aromatic N) is 4. The third-order valence-corrected chi connectivity index (χ3v) is 6.37. The summed E-state index contributed by atoms with van der Waals surface area (Å²) in [6.07, 6.45) is 6.04. The minimum atomic E-state index is 0.0188. The summed E-state index contributed by atoms with van der Waals surface area (Å²) in [7, 11) is 0. The van der Waals surface area contributed by atoms with Crippen molar-refractivity contribution in [1.82, 2.24) is 19.7 Å². The highest BCUT2D eigenvalue weighted by atomic mass is 32.2. The Morgan fingerprint density at radius 3 is 3.05 bits per heavy atom. The zero-order valence-corrected chi connectivity index (χ0v) is 13.9. The fourth-order valence-electron chi connectivity index (χ4n) is 2.83. The van der Waals surface area contributed by atoms with Crippen LogP contribution in [0.5, 0.6) is 0 Å². The summed E-state index contributed by atoms with van der Waals surface area (Å²) in [6, 6.07) is 4.75. The maximum atomic E-state index is 12.4. The van der Waals surface area contributed by atoms with Gasteiger partial charge >= 0.3 is 0 Å². The van der Waals surface area contributed by atoms with E-state index in [4.69, 9.17) is 0 Å². The first kappa shape index (κ1) is 14.3. The number of rotatable bonds is 6. The molecule has 5 nitrogen and oxygen atoms in total. The average molecular weight is 334 g/mol. The summed E-state index contributed by atoms with van der Waals surface area (Å²) >= 11 is 3.35. The second-order valence-corrected chi connectivity index (χ2v) is 8.00. The van der Waals surface area contributed by atoms with E-state index in [1.54, 1.807) is 29.4 Å². The molecule has 1 saturated heterocycles. The zero-order valence-electron chi connectivity index (χ0n) is 12.2. The molecule has 1 saturated carbocycles. The van der Waals surface area contributed by atoms with Gasteiger partial charge in [-0.25, -0.2) is 0 Å². The predicted octanol–water partition coefficient (Wildman–Crippen LogP) is 2.44. The Balaban J connectivity index is 1.39. The quantitative estimate of drug-likeness (QED) is 0.814. The summed E-state index contributed by atoms with van der Waals surface area (Å²) < 4.78 is 2.07. The molecule has 1 aliphatic heterocycles. The van der Waals surface area contributed by atoms with E-state index in [0.29, 0.717) is 11.9 Å². The van der Waals surface area contributed by atoms with E-state index in [9.17, 15) is 4.79 Å². The molecular formula is C15H18N4OS2. The Morgan fingerprint density at radius 2 is 2.27 bits per heavy atom. The second-order valence-electron chi connectivity index (χ2n) is 5.79. The lowest BCUT2D eigenvalue weighted by Crippen LogP contribution is -2.30. The van der Waals surface area contributed by atoms with Gasteiger partial charge in [0.1, 0.15) is 6.33 Å². The van der Waals surface area contributed by atoms with Gasteiger partial charge in [-0.05, 0) is 37.1 Å². The van der Waals surface area contributed by atoms with Gasteiger partial charge < -0.3 is 9.47 Å². The molecular weight excluding hydrogens is 316 g/mol. The Bertz CT molecular complexity index is 650. The molecule has 7 heteroatoms.